The summed E-state index contributed by atoms with van der Waals surface area (Å²) >= 11 is 1.53. The van der Waals surface area contributed by atoms with Gasteiger partial charge in [0.15, 0.2) is 17.6 Å². The molecule has 1 aromatic heterocycles. The van der Waals surface area contributed by atoms with Gasteiger partial charge in [-0.05, 0) is 30.2 Å². The van der Waals surface area contributed by atoms with Crippen molar-refractivity contribution in [2.75, 3.05) is 11.1 Å². The van der Waals surface area contributed by atoms with E-state index in [1.807, 2.05) is 36.4 Å². The molecule has 0 saturated carbocycles. The Bertz CT molecular complexity index is 1170. The quantitative estimate of drug-likeness (QED) is 0.281. The fourth-order valence-electron chi connectivity index (χ4n) is 4.00. The molecule has 0 aliphatic carbocycles. The third-order valence-electron chi connectivity index (χ3n) is 6.06. The number of nitrogens with zero attached hydrogens (tertiary/aromatic N) is 2. The van der Waals surface area contributed by atoms with Gasteiger partial charge in [-0.3, -0.25) is 14.7 Å². The van der Waals surface area contributed by atoms with Gasteiger partial charge in [0.1, 0.15) is 6.33 Å². The van der Waals surface area contributed by atoms with Crippen molar-refractivity contribution in [3.8, 4) is 0 Å². The first-order chi connectivity index (χ1) is 17.8. The first-order valence-corrected chi connectivity index (χ1v) is 12.9. The summed E-state index contributed by atoms with van der Waals surface area (Å²) in [6, 6.07) is 14.9. The van der Waals surface area contributed by atoms with Gasteiger partial charge in [0, 0.05) is 29.8 Å². The van der Waals surface area contributed by atoms with Crippen LogP contribution in [-0.4, -0.2) is 50.1 Å². The van der Waals surface area contributed by atoms with E-state index in [0.29, 0.717) is 16.6 Å². The molecule has 0 radical (unpaired) electrons. The number of amides is 1. The van der Waals surface area contributed by atoms with Gasteiger partial charge in [-0.15, -0.1) is 0 Å². The minimum atomic E-state index is -0.899. The van der Waals surface area contributed by atoms with Crippen molar-refractivity contribution in [3.63, 3.8) is 0 Å². The average molecular weight is 527 g/mol. The number of nitrogens with one attached hydrogen (secondary N) is 2. The number of hydrogen-bond donors (Lipinski definition) is 3. The summed E-state index contributed by atoms with van der Waals surface area (Å²) in [5, 5.41) is 19.6. The van der Waals surface area contributed by atoms with E-state index in [2.05, 4.69) is 27.4 Å². The SMILES string of the molecule is CC(=O)O[C@@H](C)C(=O)Nc1ccc([C@H]2O[C@@H](CSc3ncn[nH]3)[C@@H](C)[C@@H](c3ccc(CO)cc3)O2)cc1. The maximum Gasteiger partial charge on any atom is 0.303 e. The number of ether oxygens (including phenoxy) is 3. The Kier molecular flexibility index (Phi) is 8.93. The van der Waals surface area contributed by atoms with Crippen molar-refractivity contribution in [1.82, 2.24) is 15.2 Å². The highest BCUT2D eigenvalue weighted by atomic mass is 32.2. The smallest absolute Gasteiger partial charge is 0.303 e. The highest BCUT2D eigenvalue weighted by Crippen LogP contribution is 2.42. The fraction of sp³-hybridized carbons (Fsp3) is 0.385. The Hall–Kier alpha value is -3.25. The van der Waals surface area contributed by atoms with Crippen molar-refractivity contribution >= 4 is 29.3 Å². The zero-order valence-corrected chi connectivity index (χ0v) is 21.6. The molecule has 4 rings (SSSR count). The lowest BCUT2D eigenvalue weighted by atomic mass is 9.91. The molecule has 3 aromatic rings. The summed E-state index contributed by atoms with van der Waals surface area (Å²) in [5.74, 6) is -0.259. The predicted octanol–water partition coefficient (Wildman–Crippen LogP) is 3.77. The summed E-state index contributed by atoms with van der Waals surface area (Å²) in [6.45, 7) is 4.84. The highest BCUT2D eigenvalue weighted by molar-refractivity contribution is 7.99. The fourth-order valence-corrected chi connectivity index (χ4v) is 4.95. The van der Waals surface area contributed by atoms with Crippen LogP contribution in [0.3, 0.4) is 0 Å². The van der Waals surface area contributed by atoms with Crippen molar-refractivity contribution in [3.05, 3.63) is 71.5 Å². The van der Waals surface area contributed by atoms with Crippen LogP contribution in [0.5, 0.6) is 0 Å². The van der Waals surface area contributed by atoms with Crippen molar-refractivity contribution in [2.24, 2.45) is 5.92 Å². The molecule has 0 unspecified atom stereocenters. The number of H-pyrrole nitrogens is 1. The van der Waals surface area contributed by atoms with Crippen LogP contribution in [0, 0.1) is 5.92 Å². The summed E-state index contributed by atoms with van der Waals surface area (Å²) in [5.41, 5.74) is 3.18. The van der Waals surface area contributed by atoms with E-state index >= 15 is 0 Å². The predicted molar refractivity (Wildman–Crippen MR) is 136 cm³/mol. The first kappa shape index (κ1) is 26.8. The van der Waals surface area contributed by atoms with Crippen molar-refractivity contribution in [2.45, 2.75) is 57.1 Å². The number of benzene rings is 2. The molecule has 1 aliphatic heterocycles. The Morgan fingerprint density at radius 2 is 1.84 bits per heavy atom. The first-order valence-electron chi connectivity index (χ1n) is 11.9. The second kappa shape index (κ2) is 12.3. The van der Waals surface area contributed by atoms with Crippen molar-refractivity contribution in [1.29, 1.82) is 0 Å². The molecule has 37 heavy (non-hydrogen) atoms. The lowest BCUT2D eigenvalue weighted by Gasteiger charge is -2.41. The molecular formula is C26H30N4O6S. The maximum atomic E-state index is 12.3. The van der Waals surface area contributed by atoms with Crippen LogP contribution in [0.4, 0.5) is 5.69 Å². The van der Waals surface area contributed by atoms with E-state index in [9.17, 15) is 14.7 Å². The Balaban J connectivity index is 1.50. The van der Waals surface area contributed by atoms with E-state index in [4.69, 9.17) is 14.2 Å². The molecule has 2 aromatic carbocycles. The van der Waals surface area contributed by atoms with Gasteiger partial charge in [0.25, 0.3) is 5.91 Å². The standard InChI is InChI=1S/C26H30N4O6S/c1-15-22(13-37-26-27-14-28-30-26)35-25(36-23(15)19-6-4-18(12-31)5-7-19)20-8-10-21(11-9-20)29-24(33)16(2)34-17(3)32/h4-11,14-16,22-23,25,31H,12-13H2,1-3H3,(H,29,33)(H,27,28,30)/t15-,16+,22+,23+,25+/m1/s1. The van der Waals surface area contributed by atoms with Gasteiger partial charge < -0.3 is 24.6 Å². The molecule has 1 aliphatic rings. The van der Waals surface area contributed by atoms with Crippen LogP contribution >= 0.6 is 11.8 Å². The maximum absolute atomic E-state index is 12.3. The Morgan fingerprint density at radius 1 is 1.14 bits per heavy atom. The number of aliphatic hydroxyl groups is 1. The molecule has 3 N–H and O–H groups in total. The summed E-state index contributed by atoms with van der Waals surface area (Å²) in [7, 11) is 0. The number of hydrogen-bond acceptors (Lipinski definition) is 9. The molecule has 0 bridgehead atoms. The zero-order valence-electron chi connectivity index (χ0n) is 20.8. The number of aliphatic hydroxyl groups excluding tert-OH is 1. The van der Waals surface area contributed by atoms with Gasteiger partial charge in [0.2, 0.25) is 0 Å². The topological polar surface area (TPSA) is 136 Å². The largest absolute Gasteiger partial charge is 0.453 e. The van der Waals surface area contributed by atoms with Gasteiger partial charge in [-0.25, -0.2) is 4.98 Å². The van der Waals surface area contributed by atoms with E-state index < -0.39 is 24.3 Å². The number of rotatable bonds is 9. The van der Waals surface area contributed by atoms with Gasteiger partial charge in [-0.1, -0.05) is 55.1 Å². The number of aromatic nitrogens is 3. The van der Waals surface area contributed by atoms with E-state index in [1.165, 1.54) is 31.9 Å². The molecule has 1 amide bonds. The minimum absolute atomic E-state index is 0.0217. The molecule has 1 saturated heterocycles. The number of esters is 1. The number of carbonyl (C=O) groups excluding carboxylic acids is 2. The summed E-state index contributed by atoms with van der Waals surface area (Å²) in [6.07, 6.45) is -0.456. The third kappa shape index (κ3) is 6.95. The molecule has 10 nitrogen and oxygen atoms in total. The lowest BCUT2D eigenvalue weighted by Crippen LogP contribution is -2.38. The molecule has 1 fully saturated rings. The van der Waals surface area contributed by atoms with Gasteiger partial charge >= 0.3 is 5.97 Å². The lowest BCUT2D eigenvalue weighted by molar-refractivity contribution is -0.268. The van der Waals surface area contributed by atoms with Crippen LogP contribution < -0.4 is 5.32 Å². The molecule has 11 heteroatoms. The normalized spacial score (nSPS) is 22.3. The molecular weight excluding hydrogens is 496 g/mol. The molecule has 5 atom stereocenters. The highest BCUT2D eigenvalue weighted by Gasteiger charge is 2.38. The second-order valence-electron chi connectivity index (χ2n) is 8.79. The van der Waals surface area contributed by atoms with Crippen LogP contribution in [-0.2, 0) is 30.4 Å². The van der Waals surface area contributed by atoms with E-state index in [1.54, 1.807) is 12.1 Å². The minimum Gasteiger partial charge on any atom is -0.453 e. The summed E-state index contributed by atoms with van der Waals surface area (Å²) in [4.78, 5) is 27.5. The van der Waals surface area contributed by atoms with Crippen LogP contribution in [0.25, 0.3) is 0 Å². The Morgan fingerprint density at radius 3 is 2.46 bits per heavy atom. The van der Waals surface area contributed by atoms with Crippen molar-refractivity contribution < 1.29 is 28.9 Å². The Labute approximate surface area is 219 Å². The molecule has 0 spiro atoms. The molecule has 2 heterocycles. The number of thioether (sulfide) groups is 1. The van der Waals surface area contributed by atoms with E-state index in [-0.39, 0.29) is 24.7 Å². The van der Waals surface area contributed by atoms with E-state index in [0.717, 1.165) is 16.7 Å². The summed E-state index contributed by atoms with van der Waals surface area (Å²) < 4.78 is 17.8. The zero-order chi connectivity index (χ0) is 26.4. The monoisotopic (exact) mass is 526 g/mol. The number of anilines is 1. The number of carbonyl (C=O) groups is 2. The number of aromatic amines is 1. The van der Waals surface area contributed by atoms with Crippen LogP contribution in [0.15, 0.2) is 60.0 Å². The van der Waals surface area contributed by atoms with Gasteiger partial charge in [0.05, 0.1) is 18.8 Å². The third-order valence-corrected chi connectivity index (χ3v) is 7.03. The molecule has 196 valence electrons. The average Bonchev–Trinajstić information content (AvgIpc) is 3.42. The second-order valence-corrected chi connectivity index (χ2v) is 9.80. The van der Waals surface area contributed by atoms with Crippen LogP contribution in [0.1, 0.15) is 49.9 Å². The van der Waals surface area contributed by atoms with Gasteiger partial charge in [-0.2, -0.15) is 5.10 Å². The van der Waals surface area contributed by atoms with Crippen LogP contribution in [0.2, 0.25) is 0 Å².